The fourth-order valence-corrected chi connectivity index (χ4v) is 4.50. The molecule has 1 aliphatic carbocycles. The summed E-state index contributed by atoms with van der Waals surface area (Å²) in [6, 6.07) is 0.477. The molecule has 1 unspecified atom stereocenters. The summed E-state index contributed by atoms with van der Waals surface area (Å²) in [5.74, 6) is 0.289. The Balaban J connectivity index is 1.94. The summed E-state index contributed by atoms with van der Waals surface area (Å²) in [4.78, 5) is 0. The largest absolute Gasteiger partial charge is 0.313 e. The first-order chi connectivity index (χ1) is 7.63. The van der Waals surface area contributed by atoms with Crippen molar-refractivity contribution < 1.29 is 8.42 Å². The van der Waals surface area contributed by atoms with Crippen LogP contribution in [0.5, 0.6) is 0 Å². The van der Waals surface area contributed by atoms with Crippen LogP contribution < -0.4 is 5.32 Å². The van der Waals surface area contributed by atoms with Crippen molar-refractivity contribution >= 4 is 10.0 Å². The highest BCUT2D eigenvalue weighted by molar-refractivity contribution is 7.89. The average Bonchev–Trinajstić information content (AvgIpc) is 3.03. The lowest BCUT2D eigenvalue weighted by Gasteiger charge is -2.27. The molecule has 16 heavy (non-hydrogen) atoms. The van der Waals surface area contributed by atoms with Crippen LogP contribution in [0.25, 0.3) is 0 Å². The van der Waals surface area contributed by atoms with E-state index < -0.39 is 10.0 Å². The molecule has 94 valence electrons. The van der Waals surface area contributed by atoms with Gasteiger partial charge in [0.1, 0.15) is 0 Å². The van der Waals surface area contributed by atoms with Crippen LogP contribution in [0.15, 0.2) is 0 Å². The second-order valence-electron chi connectivity index (χ2n) is 4.86. The predicted octanol–water partition coefficient (Wildman–Crippen LogP) is 0.943. The molecule has 5 heteroatoms. The lowest BCUT2D eigenvalue weighted by molar-refractivity contribution is 0.392. The number of rotatable bonds is 5. The van der Waals surface area contributed by atoms with Gasteiger partial charge in [0.05, 0.1) is 5.75 Å². The Labute approximate surface area is 98.4 Å². The Morgan fingerprint density at radius 2 is 2.00 bits per heavy atom. The minimum atomic E-state index is -3.04. The predicted molar refractivity (Wildman–Crippen MR) is 64.8 cm³/mol. The van der Waals surface area contributed by atoms with Gasteiger partial charge in [0.25, 0.3) is 0 Å². The van der Waals surface area contributed by atoms with Crippen molar-refractivity contribution in [2.75, 3.05) is 18.8 Å². The molecule has 0 aromatic carbocycles. The van der Waals surface area contributed by atoms with E-state index in [0.717, 1.165) is 32.2 Å². The van der Waals surface area contributed by atoms with Gasteiger partial charge in [-0.2, -0.15) is 4.31 Å². The first kappa shape index (κ1) is 12.3. The fourth-order valence-electron chi connectivity index (χ4n) is 2.46. The van der Waals surface area contributed by atoms with E-state index in [1.54, 1.807) is 4.31 Å². The molecule has 4 nitrogen and oxygen atoms in total. The summed E-state index contributed by atoms with van der Waals surface area (Å²) < 4.78 is 26.1. The zero-order valence-electron chi connectivity index (χ0n) is 9.98. The van der Waals surface area contributed by atoms with Crippen molar-refractivity contribution in [2.45, 2.75) is 51.1 Å². The molecule has 2 fully saturated rings. The van der Waals surface area contributed by atoms with Gasteiger partial charge < -0.3 is 5.32 Å². The molecule has 0 amide bonds. The number of nitrogens with zero attached hydrogens (tertiary/aromatic N) is 1. The summed E-state index contributed by atoms with van der Waals surface area (Å²) in [6.45, 7) is 3.53. The van der Waals surface area contributed by atoms with Crippen molar-refractivity contribution in [3.05, 3.63) is 0 Å². The number of sulfonamides is 1. The molecular formula is C11H22N2O2S. The van der Waals surface area contributed by atoms with Crippen molar-refractivity contribution in [1.29, 1.82) is 0 Å². The van der Waals surface area contributed by atoms with Crippen molar-refractivity contribution in [2.24, 2.45) is 0 Å². The van der Waals surface area contributed by atoms with E-state index in [1.165, 1.54) is 6.42 Å². The molecule has 1 saturated heterocycles. The van der Waals surface area contributed by atoms with E-state index >= 15 is 0 Å². The minimum absolute atomic E-state index is 0.173. The number of piperidine rings is 1. The summed E-state index contributed by atoms with van der Waals surface area (Å²) in [7, 11) is -3.04. The molecule has 1 saturated carbocycles. The van der Waals surface area contributed by atoms with Gasteiger partial charge in [-0.05, 0) is 32.2 Å². The second-order valence-corrected chi connectivity index (χ2v) is 6.83. The van der Waals surface area contributed by atoms with Gasteiger partial charge in [-0.15, -0.1) is 0 Å². The summed E-state index contributed by atoms with van der Waals surface area (Å²) in [5, 5.41) is 3.31. The Morgan fingerprint density at radius 1 is 1.25 bits per heavy atom. The Hall–Kier alpha value is -0.130. The first-order valence-electron chi connectivity index (χ1n) is 6.36. The molecular weight excluding hydrogens is 224 g/mol. The van der Waals surface area contributed by atoms with Gasteiger partial charge in [0, 0.05) is 18.6 Å². The summed E-state index contributed by atoms with van der Waals surface area (Å²) >= 11 is 0. The molecule has 1 atom stereocenters. The third kappa shape index (κ3) is 2.96. The van der Waals surface area contributed by atoms with E-state index in [4.69, 9.17) is 0 Å². The fraction of sp³-hybridized carbons (Fsp3) is 1.00. The second kappa shape index (κ2) is 5.02. The van der Waals surface area contributed by atoms with Crippen LogP contribution in [0.4, 0.5) is 0 Å². The van der Waals surface area contributed by atoms with E-state index in [1.807, 2.05) is 6.92 Å². The maximum absolute atomic E-state index is 12.2. The van der Waals surface area contributed by atoms with E-state index in [0.29, 0.717) is 12.6 Å². The quantitative estimate of drug-likeness (QED) is 0.785. The molecule has 0 spiro atoms. The standard InChI is InChI=1S/C11H22N2O2S/c1-2-13(11-6-7-11)16(14,15)9-10-5-3-4-8-12-10/h10-12H,2-9H2,1H3. The monoisotopic (exact) mass is 246 g/mol. The Morgan fingerprint density at radius 3 is 2.50 bits per heavy atom. The van der Waals surface area contributed by atoms with Gasteiger partial charge in [-0.1, -0.05) is 13.3 Å². The topological polar surface area (TPSA) is 49.4 Å². The van der Waals surface area contributed by atoms with E-state index in [-0.39, 0.29) is 11.8 Å². The number of hydrogen-bond acceptors (Lipinski definition) is 3. The zero-order chi connectivity index (χ0) is 11.6. The van der Waals surface area contributed by atoms with Crippen molar-refractivity contribution in [3.8, 4) is 0 Å². The lowest BCUT2D eigenvalue weighted by atomic mass is 10.1. The van der Waals surface area contributed by atoms with Gasteiger partial charge in [0.15, 0.2) is 0 Å². The van der Waals surface area contributed by atoms with Crippen LogP contribution >= 0.6 is 0 Å². The maximum atomic E-state index is 12.2. The number of hydrogen-bond donors (Lipinski definition) is 1. The van der Waals surface area contributed by atoms with Crippen LogP contribution in [-0.4, -0.2) is 43.6 Å². The highest BCUT2D eigenvalue weighted by Crippen LogP contribution is 2.29. The van der Waals surface area contributed by atoms with Gasteiger partial charge in [0.2, 0.25) is 10.0 Å². The van der Waals surface area contributed by atoms with Crippen molar-refractivity contribution in [1.82, 2.24) is 9.62 Å². The molecule has 2 rings (SSSR count). The SMILES string of the molecule is CCN(C1CC1)S(=O)(=O)CC1CCCCN1. The van der Waals surface area contributed by atoms with Crippen LogP contribution in [-0.2, 0) is 10.0 Å². The average molecular weight is 246 g/mol. The van der Waals surface area contributed by atoms with Crippen LogP contribution in [0.3, 0.4) is 0 Å². The van der Waals surface area contributed by atoms with Gasteiger partial charge >= 0.3 is 0 Å². The number of nitrogens with one attached hydrogen (secondary N) is 1. The lowest BCUT2D eigenvalue weighted by Crippen LogP contribution is -2.44. The van der Waals surface area contributed by atoms with E-state index in [2.05, 4.69) is 5.32 Å². The van der Waals surface area contributed by atoms with Crippen LogP contribution in [0.1, 0.15) is 39.0 Å². The summed E-state index contributed by atoms with van der Waals surface area (Å²) in [6.07, 6.45) is 5.43. The molecule has 0 aromatic rings. The van der Waals surface area contributed by atoms with Crippen LogP contribution in [0, 0.1) is 0 Å². The summed E-state index contributed by atoms with van der Waals surface area (Å²) in [5.41, 5.74) is 0. The normalized spacial score (nSPS) is 27.2. The highest BCUT2D eigenvalue weighted by atomic mass is 32.2. The maximum Gasteiger partial charge on any atom is 0.215 e. The third-order valence-electron chi connectivity index (χ3n) is 3.45. The third-order valence-corrected chi connectivity index (χ3v) is 5.54. The smallest absolute Gasteiger partial charge is 0.215 e. The minimum Gasteiger partial charge on any atom is -0.313 e. The zero-order valence-corrected chi connectivity index (χ0v) is 10.8. The van der Waals surface area contributed by atoms with Gasteiger partial charge in [-0.3, -0.25) is 0 Å². The molecule has 0 radical (unpaired) electrons. The van der Waals surface area contributed by atoms with Crippen molar-refractivity contribution in [3.63, 3.8) is 0 Å². The van der Waals surface area contributed by atoms with Gasteiger partial charge in [-0.25, -0.2) is 8.42 Å². The Kier molecular flexibility index (Phi) is 3.87. The highest BCUT2D eigenvalue weighted by Gasteiger charge is 2.37. The molecule has 1 heterocycles. The van der Waals surface area contributed by atoms with Crippen LogP contribution in [0.2, 0.25) is 0 Å². The molecule has 1 aliphatic heterocycles. The molecule has 1 N–H and O–H groups in total. The first-order valence-corrected chi connectivity index (χ1v) is 7.97. The Bertz CT molecular complexity index is 319. The van der Waals surface area contributed by atoms with E-state index in [9.17, 15) is 8.42 Å². The molecule has 2 aliphatic rings. The molecule has 0 bridgehead atoms. The molecule has 0 aromatic heterocycles.